The van der Waals surface area contributed by atoms with Gasteiger partial charge in [-0.2, -0.15) is 26.3 Å². The van der Waals surface area contributed by atoms with Gasteiger partial charge in [-0.25, -0.2) is 9.89 Å². The number of rotatable bonds is 7. The predicted octanol–water partition coefficient (Wildman–Crippen LogP) is 5.75. The first kappa shape index (κ1) is 29.4. The van der Waals surface area contributed by atoms with E-state index >= 15 is 0 Å². The minimum absolute atomic E-state index is 0.0888. The molecule has 3 amide bonds. The van der Waals surface area contributed by atoms with Gasteiger partial charge in [-0.15, -0.1) is 0 Å². The molecule has 4 rings (SSSR count). The van der Waals surface area contributed by atoms with E-state index in [1.165, 1.54) is 19.2 Å². The number of ether oxygens (including phenoxy) is 1. The van der Waals surface area contributed by atoms with E-state index in [4.69, 9.17) is 16.3 Å². The van der Waals surface area contributed by atoms with Crippen molar-refractivity contribution in [3.05, 3.63) is 58.6 Å². The summed E-state index contributed by atoms with van der Waals surface area (Å²) in [6, 6.07) is 10.9. The minimum Gasteiger partial charge on any atom is -0.495 e. The summed E-state index contributed by atoms with van der Waals surface area (Å²) in [5.41, 5.74) is 0.909. The van der Waals surface area contributed by atoms with Gasteiger partial charge in [0.25, 0.3) is 5.91 Å². The van der Waals surface area contributed by atoms with E-state index in [2.05, 4.69) is 10.3 Å². The molecule has 0 spiro atoms. The molecule has 0 radical (unpaired) electrons. The number of hydrogen-bond donors (Lipinski definition) is 1. The lowest BCUT2D eigenvalue weighted by Gasteiger charge is -2.22. The number of para-hydroxylation sites is 1. The predicted molar refractivity (Wildman–Crippen MR) is 132 cm³/mol. The van der Waals surface area contributed by atoms with Crippen molar-refractivity contribution in [3.63, 3.8) is 0 Å². The SMILES string of the molecule is COc1cccc2c1NC(=O)[C@H](N1C(=O)[C@@H](CCC(F)(F)F)[C@@H](CCC(F)(F)F)C1=O)N=C2c1cccc(Cl)c1. The monoisotopic (exact) mass is 589 g/mol. The Kier molecular flexibility index (Phi) is 8.16. The topological polar surface area (TPSA) is 88.1 Å². The summed E-state index contributed by atoms with van der Waals surface area (Å²) >= 11 is 6.15. The van der Waals surface area contributed by atoms with Gasteiger partial charge in [0.1, 0.15) is 5.75 Å². The Morgan fingerprint density at radius 3 is 2.02 bits per heavy atom. The molecule has 2 aliphatic heterocycles. The maximum Gasteiger partial charge on any atom is 0.389 e. The zero-order chi connectivity index (χ0) is 29.4. The van der Waals surface area contributed by atoms with Gasteiger partial charge < -0.3 is 10.1 Å². The van der Waals surface area contributed by atoms with Gasteiger partial charge >= 0.3 is 12.4 Å². The number of anilines is 1. The fourth-order valence-corrected chi connectivity index (χ4v) is 5.04. The number of alkyl halides is 6. The summed E-state index contributed by atoms with van der Waals surface area (Å²) < 4.78 is 83.3. The molecule has 214 valence electrons. The third-order valence-corrected chi connectivity index (χ3v) is 6.89. The van der Waals surface area contributed by atoms with Crippen LogP contribution in [0.1, 0.15) is 36.8 Å². The Bertz CT molecular complexity index is 1320. The van der Waals surface area contributed by atoms with Gasteiger partial charge in [-0.05, 0) is 31.0 Å². The van der Waals surface area contributed by atoms with Gasteiger partial charge in [0, 0.05) is 29.0 Å². The number of halogens is 7. The molecule has 1 saturated heterocycles. The summed E-state index contributed by atoms with van der Waals surface area (Å²) in [6.07, 6.45) is -16.2. The van der Waals surface area contributed by atoms with E-state index in [0.717, 1.165) is 0 Å². The van der Waals surface area contributed by atoms with Gasteiger partial charge in [0.15, 0.2) is 0 Å². The molecular formula is C26H22ClF6N3O4. The molecule has 0 saturated carbocycles. The largest absolute Gasteiger partial charge is 0.495 e. The number of benzene rings is 2. The number of carbonyl (C=O) groups is 3. The number of amides is 3. The van der Waals surface area contributed by atoms with E-state index < -0.39 is 73.8 Å². The number of carbonyl (C=O) groups excluding carboxylic acids is 3. The number of nitrogens with one attached hydrogen (secondary N) is 1. The van der Waals surface area contributed by atoms with Crippen LogP contribution < -0.4 is 10.1 Å². The zero-order valence-corrected chi connectivity index (χ0v) is 21.5. The molecule has 40 heavy (non-hydrogen) atoms. The third-order valence-electron chi connectivity index (χ3n) is 6.65. The van der Waals surface area contributed by atoms with Crippen molar-refractivity contribution in [2.24, 2.45) is 16.8 Å². The Hall–Kier alpha value is -3.61. The molecule has 2 aromatic rings. The molecular weight excluding hydrogens is 568 g/mol. The zero-order valence-electron chi connectivity index (χ0n) is 20.8. The van der Waals surface area contributed by atoms with Crippen LogP contribution in [0.5, 0.6) is 5.75 Å². The van der Waals surface area contributed by atoms with E-state index in [1.807, 2.05) is 0 Å². The Morgan fingerprint density at radius 1 is 0.925 bits per heavy atom. The number of aliphatic imine (C=N–C) groups is 1. The van der Waals surface area contributed by atoms with E-state index in [0.29, 0.717) is 16.0 Å². The van der Waals surface area contributed by atoms with Gasteiger partial charge in [-0.1, -0.05) is 35.9 Å². The molecule has 2 heterocycles. The second kappa shape index (κ2) is 11.1. The number of nitrogens with zero attached hydrogens (tertiary/aromatic N) is 2. The fourth-order valence-electron chi connectivity index (χ4n) is 4.85. The standard InChI is InChI=1S/C26H22ClF6N3O4/c1-40-18-7-3-6-17-19(13-4-2-5-14(27)12-13)34-21(22(37)35-20(17)18)36-23(38)15(8-10-25(28,29)30)16(24(36)39)9-11-26(31,32)33/h2-7,12,15-16,21H,8-11H2,1H3,(H,35,37)/t15-,16+,21-/m0/s1. The number of hydrogen-bond acceptors (Lipinski definition) is 5. The Labute approximate surface area is 229 Å². The molecule has 0 aliphatic carbocycles. The minimum atomic E-state index is -4.72. The first-order chi connectivity index (χ1) is 18.7. The lowest BCUT2D eigenvalue weighted by atomic mass is 9.87. The maximum atomic E-state index is 13.4. The lowest BCUT2D eigenvalue weighted by Crippen LogP contribution is -2.46. The molecule has 3 atom stereocenters. The maximum absolute atomic E-state index is 13.4. The normalized spacial score (nSPS) is 21.6. The summed E-state index contributed by atoms with van der Waals surface area (Å²) in [4.78, 5) is 44.9. The molecule has 2 aliphatic rings. The molecule has 7 nitrogen and oxygen atoms in total. The van der Waals surface area contributed by atoms with Crippen LogP contribution in [0.2, 0.25) is 5.02 Å². The van der Waals surface area contributed by atoms with E-state index in [9.17, 15) is 40.7 Å². The van der Waals surface area contributed by atoms with Crippen LogP contribution in [0, 0.1) is 11.8 Å². The highest BCUT2D eigenvalue weighted by Gasteiger charge is 2.53. The molecule has 0 bridgehead atoms. The summed E-state index contributed by atoms with van der Waals surface area (Å²) in [5.74, 6) is -6.63. The number of methoxy groups -OCH3 is 1. The highest BCUT2D eigenvalue weighted by Crippen LogP contribution is 2.41. The van der Waals surface area contributed by atoms with Crippen molar-refractivity contribution < 1.29 is 45.5 Å². The second-order valence-corrected chi connectivity index (χ2v) is 9.74. The van der Waals surface area contributed by atoms with Crippen LogP contribution in [0.25, 0.3) is 0 Å². The Morgan fingerprint density at radius 2 is 1.50 bits per heavy atom. The first-order valence-corrected chi connectivity index (χ1v) is 12.4. The molecule has 0 unspecified atom stereocenters. The summed E-state index contributed by atoms with van der Waals surface area (Å²) in [5, 5.41) is 2.84. The van der Waals surface area contributed by atoms with Crippen LogP contribution in [-0.4, -0.2) is 54.0 Å². The highest BCUT2D eigenvalue weighted by molar-refractivity contribution is 6.31. The van der Waals surface area contributed by atoms with Crippen LogP contribution >= 0.6 is 11.6 Å². The summed E-state index contributed by atoms with van der Waals surface area (Å²) in [6.45, 7) is 0. The van der Waals surface area contributed by atoms with Crippen molar-refractivity contribution in [3.8, 4) is 5.75 Å². The fraction of sp³-hybridized carbons (Fsp3) is 0.385. The Balaban J connectivity index is 1.81. The lowest BCUT2D eigenvalue weighted by molar-refractivity contribution is -0.147. The van der Waals surface area contributed by atoms with Crippen LogP contribution in [-0.2, 0) is 14.4 Å². The highest BCUT2D eigenvalue weighted by atomic mass is 35.5. The van der Waals surface area contributed by atoms with E-state index in [-0.39, 0.29) is 22.2 Å². The van der Waals surface area contributed by atoms with Crippen molar-refractivity contribution >= 4 is 40.7 Å². The molecule has 0 aromatic heterocycles. The van der Waals surface area contributed by atoms with Crippen molar-refractivity contribution in [1.82, 2.24) is 4.90 Å². The van der Waals surface area contributed by atoms with Crippen molar-refractivity contribution in [2.75, 3.05) is 12.4 Å². The van der Waals surface area contributed by atoms with Crippen LogP contribution in [0.4, 0.5) is 32.0 Å². The van der Waals surface area contributed by atoms with Crippen LogP contribution in [0.15, 0.2) is 47.5 Å². The van der Waals surface area contributed by atoms with Gasteiger partial charge in [-0.3, -0.25) is 14.4 Å². The third kappa shape index (κ3) is 6.24. The number of likely N-dealkylation sites (tertiary alicyclic amines) is 1. The molecule has 1 fully saturated rings. The molecule has 14 heteroatoms. The summed E-state index contributed by atoms with van der Waals surface area (Å²) in [7, 11) is 1.34. The van der Waals surface area contributed by atoms with Crippen LogP contribution in [0.3, 0.4) is 0 Å². The number of imide groups is 1. The molecule has 2 aromatic carbocycles. The van der Waals surface area contributed by atoms with Crippen molar-refractivity contribution in [2.45, 2.75) is 44.2 Å². The average molecular weight is 590 g/mol. The second-order valence-electron chi connectivity index (χ2n) is 9.30. The average Bonchev–Trinajstić information content (AvgIpc) is 2.99. The van der Waals surface area contributed by atoms with Gasteiger partial charge in [0.05, 0.1) is 30.3 Å². The van der Waals surface area contributed by atoms with Crippen molar-refractivity contribution in [1.29, 1.82) is 0 Å². The number of benzodiazepines with no additional fused rings is 1. The smallest absolute Gasteiger partial charge is 0.389 e. The van der Waals surface area contributed by atoms with Gasteiger partial charge in [0.2, 0.25) is 18.0 Å². The molecule has 1 N–H and O–H groups in total. The van der Waals surface area contributed by atoms with E-state index in [1.54, 1.807) is 30.3 Å². The first-order valence-electron chi connectivity index (χ1n) is 12.0. The number of fused-ring (bicyclic) bond motifs is 1. The quantitative estimate of drug-likeness (QED) is 0.329.